The van der Waals surface area contributed by atoms with Crippen LogP contribution in [0.15, 0.2) is 23.3 Å². The number of allylic oxidation sites excluding steroid dienone is 3. The van der Waals surface area contributed by atoms with Crippen LogP contribution in [0.5, 0.6) is 0 Å². The van der Waals surface area contributed by atoms with Gasteiger partial charge in [-0.05, 0) is 37.2 Å². The summed E-state index contributed by atoms with van der Waals surface area (Å²) in [7, 11) is 1.46. The molecule has 0 aromatic carbocycles. The Hall–Kier alpha value is -2.31. The van der Waals surface area contributed by atoms with E-state index in [-0.39, 0.29) is 31.0 Å². The molecule has 2 N–H and O–H groups in total. The molecule has 3 amide bonds. The van der Waals surface area contributed by atoms with Crippen LogP contribution in [0.4, 0.5) is 4.79 Å². The lowest BCUT2D eigenvalue weighted by Gasteiger charge is -2.38. The molecule has 1 fully saturated rings. The number of piperazine rings is 1. The molecule has 0 saturated carbocycles. The summed E-state index contributed by atoms with van der Waals surface area (Å²) < 4.78 is 0. The number of hydrogen-bond acceptors (Lipinski definition) is 3. The minimum atomic E-state index is -1.15. The fraction of sp³-hybridized carbons (Fsp3) is 0.632. The van der Waals surface area contributed by atoms with Gasteiger partial charge in [0.2, 0.25) is 11.8 Å². The summed E-state index contributed by atoms with van der Waals surface area (Å²) in [5.74, 6) is -0.591. The van der Waals surface area contributed by atoms with Gasteiger partial charge in [-0.25, -0.2) is 4.79 Å². The first kappa shape index (κ1) is 20.0. The van der Waals surface area contributed by atoms with Crippen LogP contribution in [-0.2, 0) is 9.59 Å². The molecule has 1 aliphatic carbocycles. The minimum absolute atomic E-state index is 0.0474. The Morgan fingerprint density at radius 3 is 2.54 bits per heavy atom. The Balaban J connectivity index is 2.12. The molecule has 7 nitrogen and oxygen atoms in total. The zero-order valence-electron chi connectivity index (χ0n) is 16.0. The highest BCUT2D eigenvalue weighted by atomic mass is 16.4. The van der Waals surface area contributed by atoms with Crippen molar-refractivity contribution in [3.8, 4) is 0 Å². The molecule has 7 heteroatoms. The highest BCUT2D eigenvalue weighted by molar-refractivity contribution is 5.90. The molecule has 0 aromatic rings. The molecule has 144 valence electrons. The van der Waals surface area contributed by atoms with Crippen molar-refractivity contribution in [2.24, 2.45) is 5.41 Å². The third kappa shape index (κ3) is 4.26. The quantitative estimate of drug-likeness (QED) is 0.751. The van der Waals surface area contributed by atoms with E-state index < -0.39 is 18.0 Å². The second-order valence-electron chi connectivity index (χ2n) is 7.66. The van der Waals surface area contributed by atoms with Crippen molar-refractivity contribution in [2.45, 2.75) is 46.1 Å². The number of hydrogen-bond donors (Lipinski definition) is 2. The van der Waals surface area contributed by atoms with Gasteiger partial charge in [0.15, 0.2) is 0 Å². The van der Waals surface area contributed by atoms with Gasteiger partial charge in [0, 0.05) is 26.2 Å². The van der Waals surface area contributed by atoms with Gasteiger partial charge in [-0.1, -0.05) is 25.5 Å². The van der Waals surface area contributed by atoms with Crippen molar-refractivity contribution in [2.75, 3.05) is 26.7 Å². The maximum absolute atomic E-state index is 12.6. The number of amides is 3. The topological polar surface area (TPSA) is 90.0 Å². The van der Waals surface area contributed by atoms with Crippen LogP contribution in [0.25, 0.3) is 0 Å². The Morgan fingerprint density at radius 1 is 1.27 bits per heavy atom. The van der Waals surface area contributed by atoms with Crippen molar-refractivity contribution < 1.29 is 19.5 Å². The molecule has 1 atom stereocenters. The van der Waals surface area contributed by atoms with Gasteiger partial charge in [0.05, 0.1) is 6.54 Å². The zero-order valence-corrected chi connectivity index (χ0v) is 16.0. The molecule has 0 spiro atoms. The first-order valence-electron chi connectivity index (χ1n) is 9.05. The minimum Gasteiger partial charge on any atom is -0.465 e. The van der Waals surface area contributed by atoms with E-state index in [9.17, 15) is 19.5 Å². The Bertz CT molecular complexity index is 651. The summed E-state index contributed by atoms with van der Waals surface area (Å²) >= 11 is 0. The molecule has 2 rings (SSSR count). The average Bonchev–Trinajstić information content (AvgIpc) is 2.59. The van der Waals surface area contributed by atoms with Crippen LogP contribution < -0.4 is 5.32 Å². The third-order valence-electron chi connectivity index (χ3n) is 5.42. The summed E-state index contributed by atoms with van der Waals surface area (Å²) in [6.45, 7) is 6.96. The highest BCUT2D eigenvalue weighted by Crippen LogP contribution is 2.40. The van der Waals surface area contributed by atoms with E-state index in [1.807, 2.05) is 6.08 Å². The molecule has 1 saturated heterocycles. The molecule has 1 aliphatic heterocycles. The van der Waals surface area contributed by atoms with Gasteiger partial charge < -0.3 is 15.3 Å². The number of carbonyl (C=O) groups is 3. The third-order valence-corrected chi connectivity index (χ3v) is 5.42. The van der Waals surface area contributed by atoms with Crippen LogP contribution in [0.3, 0.4) is 0 Å². The van der Waals surface area contributed by atoms with E-state index >= 15 is 0 Å². The summed E-state index contributed by atoms with van der Waals surface area (Å²) in [6, 6.07) is -0.879. The van der Waals surface area contributed by atoms with E-state index in [4.69, 9.17) is 0 Å². The predicted molar refractivity (Wildman–Crippen MR) is 98.6 cm³/mol. The molecule has 0 bridgehead atoms. The number of nitrogens with zero attached hydrogens (tertiary/aromatic N) is 2. The van der Waals surface area contributed by atoms with E-state index in [1.165, 1.54) is 18.2 Å². The summed E-state index contributed by atoms with van der Waals surface area (Å²) in [6.07, 6.45) is 5.61. The van der Waals surface area contributed by atoms with Crippen LogP contribution in [0.2, 0.25) is 0 Å². The van der Waals surface area contributed by atoms with Crippen molar-refractivity contribution in [3.63, 3.8) is 0 Å². The molecule has 26 heavy (non-hydrogen) atoms. The Morgan fingerprint density at radius 2 is 1.96 bits per heavy atom. The van der Waals surface area contributed by atoms with E-state index in [2.05, 4.69) is 26.1 Å². The van der Waals surface area contributed by atoms with Gasteiger partial charge in [0.25, 0.3) is 0 Å². The largest absolute Gasteiger partial charge is 0.465 e. The standard InChI is InChI=1S/C19H29N3O4/c1-13-6-5-9-19(2,3)14(13)7-8-16(23)21-10-11-22(18(25)26)15(12-21)17(24)20-4/h7-8,15H,5-6,9-12H2,1-4H3,(H,20,24)(H,25,26)/b8-7+. The van der Waals surface area contributed by atoms with Gasteiger partial charge in [0.1, 0.15) is 6.04 Å². The number of nitrogens with one attached hydrogen (secondary N) is 1. The number of rotatable bonds is 3. The Kier molecular flexibility index (Phi) is 6.10. The smallest absolute Gasteiger partial charge is 0.408 e. The maximum atomic E-state index is 12.6. The predicted octanol–water partition coefficient (Wildman–Crippen LogP) is 2.01. The van der Waals surface area contributed by atoms with Crippen LogP contribution in [-0.4, -0.2) is 65.5 Å². The molecule has 2 aliphatic rings. The van der Waals surface area contributed by atoms with Crippen LogP contribution >= 0.6 is 0 Å². The van der Waals surface area contributed by atoms with E-state index in [1.54, 1.807) is 11.0 Å². The second-order valence-corrected chi connectivity index (χ2v) is 7.66. The van der Waals surface area contributed by atoms with Crippen molar-refractivity contribution >= 4 is 17.9 Å². The number of carboxylic acid groups (broad SMARTS) is 1. The van der Waals surface area contributed by atoms with Crippen LogP contribution in [0, 0.1) is 5.41 Å². The second kappa shape index (κ2) is 7.93. The lowest BCUT2D eigenvalue weighted by atomic mass is 9.72. The van der Waals surface area contributed by atoms with Crippen LogP contribution in [0.1, 0.15) is 40.0 Å². The highest BCUT2D eigenvalue weighted by Gasteiger charge is 2.36. The number of carbonyl (C=O) groups excluding carboxylic acids is 2. The van der Waals surface area contributed by atoms with E-state index in [0.29, 0.717) is 0 Å². The summed E-state index contributed by atoms with van der Waals surface area (Å²) in [4.78, 5) is 38.6. The fourth-order valence-corrected chi connectivity index (χ4v) is 3.87. The van der Waals surface area contributed by atoms with Gasteiger partial charge in [-0.2, -0.15) is 0 Å². The molecule has 0 radical (unpaired) electrons. The lowest BCUT2D eigenvalue weighted by Crippen LogP contribution is -2.60. The van der Waals surface area contributed by atoms with Crippen molar-refractivity contribution in [1.29, 1.82) is 0 Å². The normalized spacial score (nSPS) is 23.3. The van der Waals surface area contributed by atoms with Gasteiger partial charge in [-0.15, -0.1) is 0 Å². The average molecular weight is 363 g/mol. The van der Waals surface area contributed by atoms with E-state index in [0.717, 1.165) is 24.2 Å². The van der Waals surface area contributed by atoms with Gasteiger partial charge >= 0.3 is 6.09 Å². The SMILES string of the molecule is CNC(=O)C1CN(C(=O)/C=C/C2=C(C)CCCC2(C)C)CCN1C(=O)O. The molecule has 0 aromatic heterocycles. The summed E-state index contributed by atoms with van der Waals surface area (Å²) in [5, 5.41) is 11.7. The molecular formula is C19H29N3O4. The van der Waals surface area contributed by atoms with Gasteiger partial charge in [-0.3, -0.25) is 14.5 Å². The molecular weight excluding hydrogens is 334 g/mol. The van der Waals surface area contributed by atoms with Crippen molar-refractivity contribution in [3.05, 3.63) is 23.3 Å². The monoisotopic (exact) mass is 363 g/mol. The fourth-order valence-electron chi connectivity index (χ4n) is 3.87. The molecule has 1 heterocycles. The van der Waals surface area contributed by atoms with Crippen molar-refractivity contribution in [1.82, 2.24) is 15.1 Å². The maximum Gasteiger partial charge on any atom is 0.408 e. The zero-order chi connectivity index (χ0) is 19.5. The number of likely N-dealkylation sites (N-methyl/N-ethyl adjacent to an activating group) is 1. The molecule has 1 unspecified atom stereocenters. The first-order chi connectivity index (χ1) is 12.2. The lowest BCUT2D eigenvalue weighted by molar-refractivity contribution is -0.133. The summed E-state index contributed by atoms with van der Waals surface area (Å²) in [5.41, 5.74) is 2.56. The Labute approximate surface area is 154 Å². The first-order valence-corrected chi connectivity index (χ1v) is 9.05.